The number of anilines is 2. The number of halogens is 1. The molecule has 64 valence electrons. The SMILES string of the molecule is CC(=O)c1cc(N)c(N)c(Cl)c1. The molecule has 0 aliphatic heterocycles. The van der Waals surface area contributed by atoms with Gasteiger partial charge in [-0.2, -0.15) is 0 Å². The minimum absolute atomic E-state index is 0.0800. The standard InChI is InChI=1S/C8H9ClN2O/c1-4(12)5-2-6(9)8(11)7(10)3-5/h2-3H,10-11H2,1H3. The molecule has 1 aromatic carbocycles. The van der Waals surface area contributed by atoms with Gasteiger partial charge in [0, 0.05) is 5.56 Å². The maximum atomic E-state index is 10.9. The van der Waals surface area contributed by atoms with Gasteiger partial charge in [0.1, 0.15) is 0 Å². The Labute approximate surface area is 75.3 Å². The summed E-state index contributed by atoms with van der Waals surface area (Å²) in [7, 11) is 0. The Morgan fingerprint density at radius 3 is 2.42 bits per heavy atom. The Bertz CT molecular complexity index is 313. The zero-order chi connectivity index (χ0) is 9.30. The first kappa shape index (κ1) is 8.87. The lowest BCUT2D eigenvalue weighted by Gasteiger charge is -2.04. The fourth-order valence-corrected chi connectivity index (χ4v) is 1.07. The molecule has 4 N–H and O–H groups in total. The van der Waals surface area contributed by atoms with Crippen LogP contribution in [0.15, 0.2) is 12.1 Å². The van der Waals surface area contributed by atoms with Gasteiger partial charge >= 0.3 is 0 Å². The van der Waals surface area contributed by atoms with Gasteiger partial charge in [-0.05, 0) is 19.1 Å². The fourth-order valence-electron chi connectivity index (χ4n) is 0.842. The zero-order valence-corrected chi connectivity index (χ0v) is 7.35. The van der Waals surface area contributed by atoms with Crippen LogP contribution >= 0.6 is 11.6 Å². The lowest BCUT2D eigenvalue weighted by molar-refractivity contribution is 0.101. The molecule has 0 atom stereocenters. The Morgan fingerprint density at radius 2 is 2.00 bits per heavy atom. The third-order valence-corrected chi connectivity index (χ3v) is 1.88. The minimum Gasteiger partial charge on any atom is -0.397 e. The van der Waals surface area contributed by atoms with Crippen LogP contribution in [0.3, 0.4) is 0 Å². The van der Waals surface area contributed by atoms with Crippen molar-refractivity contribution in [3.63, 3.8) is 0 Å². The molecule has 0 spiro atoms. The van der Waals surface area contributed by atoms with Gasteiger partial charge in [-0.25, -0.2) is 0 Å². The Balaban J connectivity index is 3.31. The highest BCUT2D eigenvalue weighted by molar-refractivity contribution is 6.34. The van der Waals surface area contributed by atoms with E-state index >= 15 is 0 Å². The topological polar surface area (TPSA) is 69.1 Å². The predicted molar refractivity (Wildman–Crippen MR) is 50.3 cm³/mol. The van der Waals surface area contributed by atoms with Gasteiger partial charge < -0.3 is 11.5 Å². The fraction of sp³-hybridized carbons (Fsp3) is 0.125. The van der Waals surface area contributed by atoms with Crippen LogP contribution in [0, 0.1) is 0 Å². The van der Waals surface area contributed by atoms with Gasteiger partial charge in [0.2, 0.25) is 0 Å². The van der Waals surface area contributed by atoms with E-state index in [4.69, 9.17) is 23.1 Å². The number of carbonyl (C=O) groups excluding carboxylic acids is 1. The number of benzene rings is 1. The first-order chi connectivity index (χ1) is 5.52. The first-order valence-corrected chi connectivity index (χ1v) is 3.75. The third kappa shape index (κ3) is 1.51. The summed E-state index contributed by atoms with van der Waals surface area (Å²) in [5.41, 5.74) is 12.1. The molecule has 0 bridgehead atoms. The Hall–Kier alpha value is -1.22. The van der Waals surface area contributed by atoms with E-state index in [9.17, 15) is 4.79 Å². The Kier molecular flexibility index (Phi) is 2.24. The number of hydrogen-bond acceptors (Lipinski definition) is 3. The van der Waals surface area contributed by atoms with E-state index in [1.807, 2.05) is 0 Å². The zero-order valence-electron chi connectivity index (χ0n) is 6.60. The molecule has 0 unspecified atom stereocenters. The summed E-state index contributed by atoms with van der Waals surface area (Å²) in [4.78, 5) is 10.9. The van der Waals surface area contributed by atoms with Crippen LogP contribution in [0.2, 0.25) is 5.02 Å². The van der Waals surface area contributed by atoms with Gasteiger partial charge in [-0.3, -0.25) is 4.79 Å². The van der Waals surface area contributed by atoms with Gasteiger partial charge in [0.15, 0.2) is 5.78 Å². The number of rotatable bonds is 1. The average molecular weight is 185 g/mol. The van der Waals surface area contributed by atoms with Crippen molar-refractivity contribution in [2.24, 2.45) is 0 Å². The van der Waals surface area contributed by atoms with Gasteiger partial charge in [-0.1, -0.05) is 11.6 Å². The number of carbonyl (C=O) groups is 1. The van der Waals surface area contributed by atoms with Gasteiger partial charge in [0.05, 0.1) is 16.4 Å². The first-order valence-electron chi connectivity index (χ1n) is 3.38. The summed E-state index contributed by atoms with van der Waals surface area (Å²) >= 11 is 5.71. The van der Waals surface area contributed by atoms with Crippen molar-refractivity contribution in [3.8, 4) is 0 Å². The molecule has 0 aliphatic rings. The third-order valence-electron chi connectivity index (χ3n) is 1.57. The molecule has 0 saturated carbocycles. The molecular formula is C8H9ClN2O. The van der Waals surface area contributed by atoms with E-state index in [-0.39, 0.29) is 5.78 Å². The molecular weight excluding hydrogens is 176 g/mol. The lowest BCUT2D eigenvalue weighted by Crippen LogP contribution is -1.99. The highest BCUT2D eigenvalue weighted by Crippen LogP contribution is 2.26. The Morgan fingerprint density at radius 1 is 1.42 bits per heavy atom. The van der Waals surface area contributed by atoms with Crippen LogP contribution in [-0.2, 0) is 0 Å². The normalized spacial score (nSPS) is 9.83. The van der Waals surface area contributed by atoms with Gasteiger partial charge in [-0.15, -0.1) is 0 Å². The van der Waals surface area contributed by atoms with Crippen molar-refractivity contribution in [2.75, 3.05) is 11.5 Å². The van der Waals surface area contributed by atoms with E-state index in [0.29, 0.717) is 22.0 Å². The summed E-state index contributed by atoms with van der Waals surface area (Å²) in [6.07, 6.45) is 0. The van der Waals surface area contributed by atoms with Crippen molar-refractivity contribution in [3.05, 3.63) is 22.7 Å². The number of nitrogens with two attached hydrogens (primary N) is 2. The summed E-state index contributed by atoms with van der Waals surface area (Å²) in [5, 5.41) is 0.320. The van der Waals surface area contributed by atoms with E-state index in [0.717, 1.165) is 0 Å². The van der Waals surface area contributed by atoms with Crippen LogP contribution in [0.25, 0.3) is 0 Å². The number of hydrogen-bond donors (Lipinski definition) is 2. The highest BCUT2D eigenvalue weighted by Gasteiger charge is 2.06. The highest BCUT2D eigenvalue weighted by atomic mass is 35.5. The number of ketones is 1. The molecule has 12 heavy (non-hydrogen) atoms. The molecule has 1 rings (SSSR count). The lowest BCUT2D eigenvalue weighted by atomic mass is 10.1. The molecule has 0 radical (unpaired) electrons. The molecule has 0 saturated heterocycles. The molecule has 0 amide bonds. The van der Waals surface area contributed by atoms with Gasteiger partial charge in [0.25, 0.3) is 0 Å². The van der Waals surface area contributed by atoms with Crippen molar-refractivity contribution < 1.29 is 4.79 Å². The second kappa shape index (κ2) is 3.03. The van der Waals surface area contributed by atoms with Crippen LogP contribution < -0.4 is 11.5 Å². The quantitative estimate of drug-likeness (QED) is 0.516. The second-order valence-electron chi connectivity index (χ2n) is 2.52. The smallest absolute Gasteiger partial charge is 0.159 e. The van der Waals surface area contributed by atoms with Crippen LogP contribution in [0.4, 0.5) is 11.4 Å². The van der Waals surface area contributed by atoms with E-state index in [2.05, 4.69) is 0 Å². The summed E-state index contributed by atoms with van der Waals surface area (Å²) in [5.74, 6) is -0.0800. The van der Waals surface area contributed by atoms with Crippen molar-refractivity contribution in [1.82, 2.24) is 0 Å². The van der Waals surface area contributed by atoms with Crippen molar-refractivity contribution in [2.45, 2.75) is 6.92 Å². The predicted octanol–water partition coefficient (Wildman–Crippen LogP) is 1.71. The molecule has 0 aromatic heterocycles. The largest absolute Gasteiger partial charge is 0.397 e. The van der Waals surface area contributed by atoms with Crippen molar-refractivity contribution in [1.29, 1.82) is 0 Å². The van der Waals surface area contributed by atoms with E-state index < -0.39 is 0 Å². The summed E-state index contributed by atoms with van der Waals surface area (Å²) in [6.45, 7) is 1.45. The molecule has 0 heterocycles. The molecule has 3 nitrogen and oxygen atoms in total. The molecule has 0 aliphatic carbocycles. The monoisotopic (exact) mass is 184 g/mol. The van der Waals surface area contributed by atoms with Crippen molar-refractivity contribution >= 4 is 28.8 Å². The maximum absolute atomic E-state index is 10.9. The van der Waals surface area contributed by atoms with Crippen LogP contribution in [0.5, 0.6) is 0 Å². The second-order valence-corrected chi connectivity index (χ2v) is 2.92. The molecule has 4 heteroatoms. The van der Waals surface area contributed by atoms with Crippen LogP contribution in [0.1, 0.15) is 17.3 Å². The van der Waals surface area contributed by atoms with E-state index in [1.54, 1.807) is 0 Å². The van der Waals surface area contributed by atoms with Crippen LogP contribution in [-0.4, -0.2) is 5.78 Å². The number of nitrogen functional groups attached to an aromatic ring is 2. The summed E-state index contributed by atoms with van der Waals surface area (Å²) in [6, 6.07) is 3.03. The maximum Gasteiger partial charge on any atom is 0.159 e. The number of Topliss-reactive ketones (excluding diaryl/α,β-unsaturated/α-hetero) is 1. The van der Waals surface area contributed by atoms with E-state index in [1.165, 1.54) is 19.1 Å². The molecule has 0 fully saturated rings. The average Bonchev–Trinajstić information content (AvgIpc) is 1.99. The molecule has 1 aromatic rings. The minimum atomic E-state index is -0.0800. The summed E-state index contributed by atoms with van der Waals surface area (Å²) < 4.78 is 0.